The fourth-order valence-corrected chi connectivity index (χ4v) is 0.996. The number of hydrogen-bond acceptors (Lipinski definition) is 4. The fraction of sp³-hybridized carbons (Fsp3) is 0.500. The zero-order valence-corrected chi connectivity index (χ0v) is 10.4. The lowest BCUT2D eigenvalue weighted by Gasteiger charge is -1.98. The molecular weight excluding hydrogens is 196 g/mol. The Morgan fingerprint density at radius 2 is 1.86 bits per heavy atom. The van der Waals surface area contributed by atoms with Crippen molar-refractivity contribution in [3.63, 3.8) is 0 Å². The summed E-state index contributed by atoms with van der Waals surface area (Å²) in [4.78, 5) is 4.86. The van der Waals surface area contributed by atoms with Gasteiger partial charge < -0.3 is 0 Å². The number of hydrogen-bond donors (Lipinski definition) is 1. The van der Waals surface area contributed by atoms with Crippen LogP contribution in [-0.2, 0) is 4.28 Å². The maximum atomic E-state index is 4.86. The van der Waals surface area contributed by atoms with Crippen molar-refractivity contribution < 1.29 is 4.28 Å². The van der Waals surface area contributed by atoms with Crippen molar-refractivity contribution in [3.8, 4) is 0 Å². The molecule has 0 aliphatic rings. The molecule has 14 heavy (non-hydrogen) atoms. The highest BCUT2D eigenvalue weighted by atomic mass is 32.2. The molecule has 0 atom stereocenters. The number of nitrogens with zero attached hydrogens (tertiary/aromatic N) is 1. The van der Waals surface area contributed by atoms with E-state index in [1.165, 1.54) is 0 Å². The molecule has 2 N–H and O–H groups in total. The first-order valence-electron chi connectivity index (χ1n) is 4.78. The summed E-state index contributed by atoms with van der Waals surface area (Å²) in [6, 6.07) is 1.90. The maximum absolute atomic E-state index is 4.86. The van der Waals surface area contributed by atoms with Crippen molar-refractivity contribution >= 4 is 12.0 Å². The Morgan fingerprint density at radius 3 is 2.29 bits per heavy atom. The highest BCUT2D eigenvalue weighted by molar-refractivity contribution is 7.94. The molecule has 0 unspecified atom stereocenters. The van der Waals surface area contributed by atoms with Crippen LogP contribution in [0.4, 0.5) is 0 Å². The molecule has 0 aromatic carbocycles. The molecule has 0 fully saturated rings. The molecule has 1 rings (SSSR count). The quantitative estimate of drug-likeness (QED) is 0.608. The summed E-state index contributed by atoms with van der Waals surface area (Å²) < 4.78 is 4.39. The highest BCUT2D eigenvalue weighted by Crippen LogP contribution is 2.19. The SMILES string of the molecule is CC.CC.Cc1ccncc1SON. The van der Waals surface area contributed by atoms with Gasteiger partial charge in [0, 0.05) is 12.4 Å². The van der Waals surface area contributed by atoms with Crippen molar-refractivity contribution in [2.45, 2.75) is 39.5 Å². The van der Waals surface area contributed by atoms with Gasteiger partial charge in [-0.05, 0) is 18.6 Å². The number of aryl methyl sites for hydroxylation is 1. The molecule has 0 saturated heterocycles. The third-order valence-electron chi connectivity index (χ3n) is 1.13. The van der Waals surface area contributed by atoms with Crippen LogP contribution in [0, 0.1) is 6.92 Å². The van der Waals surface area contributed by atoms with Gasteiger partial charge in [0.05, 0.1) is 16.9 Å². The van der Waals surface area contributed by atoms with E-state index in [1.807, 2.05) is 40.7 Å². The summed E-state index contributed by atoms with van der Waals surface area (Å²) in [6.07, 6.45) is 3.45. The molecule has 3 nitrogen and oxygen atoms in total. The Bertz CT molecular complexity index is 219. The van der Waals surface area contributed by atoms with E-state index < -0.39 is 0 Å². The Morgan fingerprint density at radius 1 is 1.29 bits per heavy atom. The molecule has 1 aromatic heterocycles. The van der Waals surface area contributed by atoms with E-state index in [1.54, 1.807) is 12.4 Å². The van der Waals surface area contributed by atoms with E-state index >= 15 is 0 Å². The van der Waals surface area contributed by atoms with E-state index in [4.69, 9.17) is 5.90 Å². The summed E-state index contributed by atoms with van der Waals surface area (Å²) in [5.41, 5.74) is 1.12. The molecule has 0 spiro atoms. The van der Waals surface area contributed by atoms with E-state index in [9.17, 15) is 0 Å². The minimum absolute atomic E-state index is 0.949. The first kappa shape index (κ1) is 15.9. The predicted octanol–water partition coefficient (Wildman–Crippen LogP) is 3.34. The fourth-order valence-electron chi connectivity index (χ4n) is 0.589. The van der Waals surface area contributed by atoms with Gasteiger partial charge in [0.15, 0.2) is 0 Å². The zero-order chi connectivity index (χ0) is 11.4. The minimum Gasteiger partial charge on any atom is -0.263 e. The van der Waals surface area contributed by atoms with Crippen molar-refractivity contribution in [2.24, 2.45) is 5.90 Å². The van der Waals surface area contributed by atoms with Crippen LogP contribution in [0.25, 0.3) is 0 Å². The molecule has 0 saturated carbocycles. The number of nitrogens with two attached hydrogens (primary N) is 1. The number of pyridine rings is 1. The summed E-state index contributed by atoms with van der Waals surface area (Å²) in [5.74, 6) is 4.86. The lowest BCUT2D eigenvalue weighted by atomic mass is 10.3. The normalized spacial score (nSPS) is 7.86. The van der Waals surface area contributed by atoms with Gasteiger partial charge in [0.25, 0.3) is 0 Å². The molecule has 0 radical (unpaired) electrons. The van der Waals surface area contributed by atoms with Crippen molar-refractivity contribution in [1.82, 2.24) is 4.98 Å². The average Bonchev–Trinajstić information content (AvgIpc) is 2.28. The molecule has 82 valence electrons. The van der Waals surface area contributed by atoms with Crippen molar-refractivity contribution in [3.05, 3.63) is 24.0 Å². The second kappa shape index (κ2) is 12.4. The number of rotatable bonds is 2. The lowest BCUT2D eigenvalue weighted by molar-refractivity contribution is 0.398. The van der Waals surface area contributed by atoms with E-state index in [-0.39, 0.29) is 0 Å². The van der Waals surface area contributed by atoms with Gasteiger partial charge in [-0.3, -0.25) is 4.98 Å². The van der Waals surface area contributed by atoms with Crippen LogP contribution in [0.1, 0.15) is 33.3 Å². The van der Waals surface area contributed by atoms with Gasteiger partial charge >= 0.3 is 0 Å². The maximum Gasteiger partial charge on any atom is 0.0585 e. The van der Waals surface area contributed by atoms with Crippen LogP contribution in [0.3, 0.4) is 0 Å². The molecule has 0 aliphatic carbocycles. The third kappa shape index (κ3) is 6.88. The first-order valence-corrected chi connectivity index (χ1v) is 5.53. The van der Waals surface area contributed by atoms with Gasteiger partial charge in [-0.2, -0.15) is 0 Å². The van der Waals surface area contributed by atoms with Gasteiger partial charge in [0.2, 0.25) is 0 Å². The van der Waals surface area contributed by atoms with Gasteiger partial charge in [-0.15, -0.1) is 0 Å². The van der Waals surface area contributed by atoms with Crippen molar-refractivity contribution in [2.75, 3.05) is 0 Å². The van der Waals surface area contributed by atoms with Crippen LogP contribution in [0.5, 0.6) is 0 Å². The Labute approximate surface area is 91.2 Å². The average molecular weight is 216 g/mol. The second-order valence-electron chi connectivity index (χ2n) is 1.82. The lowest BCUT2D eigenvalue weighted by Crippen LogP contribution is -1.89. The van der Waals surface area contributed by atoms with E-state index in [2.05, 4.69) is 9.27 Å². The van der Waals surface area contributed by atoms with Gasteiger partial charge in [0.1, 0.15) is 0 Å². The van der Waals surface area contributed by atoms with Gasteiger partial charge in [-0.25, -0.2) is 10.2 Å². The summed E-state index contributed by atoms with van der Waals surface area (Å²) in [7, 11) is 0. The smallest absolute Gasteiger partial charge is 0.0585 e. The summed E-state index contributed by atoms with van der Waals surface area (Å²) in [6.45, 7) is 9.98. The first-order chi connectivity index (χ1) is 6.84. The van der Waals surface area contributed by atoms with Gasteiger partial charge in [-0.1, -0.05) is 27.7 Å². The Balaban J connectivity index is 0. The van der Waals surface area contributed by atoms with Crippen LogP contribution in [0.15, 0.2) is 23.4 Å². The van der Waals surface area contributed by atoms with Crippen molar-refractivity contribution in [1.29, 1.82) is 0 Å². The second-order valence-corrected chi connectivity index (χ2v) is 2.62. The molecule has 4 heteroatoms. The van der Waals surface area contributed by atoms with E-state index in [0.29, 0.717) is 0 Å². The molecule has 0 amide bonds. The zero-order valence-electron chi connectivity index (χ0n) is 9.57. The Hall–Kier alpha value is -0.580. The van der Waals surface area contributed by atoms with Crippen LogP contribution >= 0.6 is 12.0 Å². The standard InChI is InChI=1S/C6H8N2OS.2C2H6/c1-5-2-3-8-4-6(5)10-9-7;2*1-2/h2-4H,7H2,1H3;2*1-2H3. The predicted molar refractivity (Wildman–Crippen MR) is 62.8 cm³/mol. The highest BCUT2D eigenvalue weighted by Gasteiger charge is 1.96. The Kier molecular flexibility index (Phi) is 14.1. The van der Waals surface area contributed by atoms with Crippen LogP contribution in [0.2, 0.25) is 0 Å². The molecular formula is C10H20N2OS. The third-order valence-corrected chi connectivity index (χ3v) is 1.83. The molecule has 0 bridgehead atoms. The molecule has 1 heterocycles. The molecule has 0 aliphatic heterocycles. The van der Waals surface area contributed by atoms with E-state index in [0.717, 1.165) is 22.5 Å². The largest absolute Gasteiger partial charge is 0.263 e. The van der Waals surface area contributed by atoms with Crippen LogP contribution in [-0.4, -0.2) is 4.98 Å². The number of aromatic nitrogens is 1. The van der Waals surface area contributed by atoms with Crippen LogP contribution < -0.4 is 5.90 Å². The topological polar surface area (TPSA) is 48.1 Å². The minimum atomic E-state index is 0.949. The molecule has 1 aromatic rings. The monoisotopic (exact) mass is 216 g/mol. The summed E-state index contributed by atoms with van der Waals surface area (Å²) >= 11 is 1.12. The summed E-state index contributed by atoms with van der Waals surface area (Å²) in [5, 5.41) is 0.